The second-order valence-corrected chi connectivity index (χ2v) is 4.21. The monoisotopic (exact) mass is 294 g/mol. The lowest BCUT2D eigenvalue weighted by Crippen LogP contribution is -2.42. The van der Waals surface area contributed by atoms with Crippen LogP contribution < -0.4 is 10.6 Å². The van der Waals surface area contributed by atoms with Gasteiger partial charge in [-0.1, -0.05) is 6.07 Å². The van der Waals surface area contributed by atoms with Gasteiger partial charge in [-0.15, -0.1) is 0 Å². The van der Waals surface area contributed by atoms with Crippen LogP contribution in [0, 0.1) is 5.82 Å². The Morgan fingerprint density at radius 2 is 2.05 bits per heavy atom. The molecule has 0 fully saturated rings. The molecule has 0 saturated carbocycles. The number of carbonyl (C=O) groups excluding carboxylic acids is 1. The number of carbonyl (C=O) groups is 1. The maximum absolute atomic E-state index is 12.9. The predicted octanol–water partition coefficient (Wildman–Crippen LogP) is 2.02. The SMILES string of the molecule is CC(CO)NC(=O)NCc1ccc(F)cc1C(F)(F)F. The fourth-order valence-corrected chi connectivity index (χ4v) is 1.46. The van der Waals surface area contributed by atoms with E-state index in [0.29, 0.717) is 6.07 Å². The van der Waals surface area contributed by atoms with Gasteiger partial charge in [-0.05, 0) is 24.6 Å². The highest BCUT2D eigenvalue weighted by atomic mass is 19.4. The molecule has 0 radical (unpaired) electrons. The average Bonchev–Trinajstić information content (AvgIpc) is 2.36. The number of urea groups is 1. The molecule has 3 N–H and O–H groups in total. The van der Waals surface area contributed by atoms with Crippen LogP contribution in [0.2, 0.25) is 0 Å². The van der Waals surface area contributed by atoms with Crippen LogP contribution in [-0.2, 0) is 12.7 Å². The summed E-state index contributed by atoms with van der Waals surface area (Å²) in [7, 11) is 0. The van der Waals surface area contributed by atoms with Gasteiger partial charge in [0, 0.05) is 6.54 Å². The largest absolute Gasteiger partial charge is 0.416 e. The molecule has 8 heteroatoms. The number of halogens is 4. The van der Waals surface area contributed by atoms with E-state index in [1.807, 2.05) is 0 Å². The molecule has 1 unspecified atom stereocenters. The quantitative estimate of drug-likeness (QED) is 0.744. The van der Waals surface area contributed by atoms with E-state index in [9.17, 15) is 22.4 Å². The Morgan fingerprint density at radius 3 is 2.60 bits per heavy atom. The Morgan fingerprint density at radius 1 is 1.40 bits per heavy atom. The lowest BCUT2D eigenvalue weighted by molar-refractivity contribution is -0.138. The summed E-state index contributed by atoms with van der Waals surface area (Å²) in [5, 5.41) is 13.2. The normalized spacial score (nSPS) is 12.9. The van der Waals surface area contributed by atoms with Gasteiger partial charge in [0.05, 0.1) is 18.2 Å². The third-order valence-corrected chi connectivity index (χ3v) is 2.47. The van der Waals surface area contributed by atoms with Crippen molar-refractivity contribution in [3.63, 3.8) is 0 Å². The molecule has 0 spiro atoms. The molecule has 0 aliphatic carbocycles. The van der Waals surface area contributed by atoms with Gasteiger partial charge in [-0.25, -0.2) is 9.18 Å². The standard InChI is InChI=1S/C12H14F4N2O2/c1-7(6-19)18-11(20)17-5-8-2-3-9(13)4-10(8)12(14,15)16/h2-4,7,19H,5-6H2,1H3,(H2,17,18,20). The van der Waals surface area contributed by atoms with E-state index in [0.717, 1.165) is 12.1 Å². The van der Waals surface area contributed by atoms with Crippen molar-refractivity contribution in [3.8, 4) is 0 Å². The second kappa shape index (κ2) is 6.56. The van der Waals surface area contributed by atoms with Gasteiger partial charge in [0.15, 0.2) is 0 Å². The molecular weight excluding hydrogens is 280 g/mol. The molecule has 20 heavy (non-hydrogen) atoms. The van der Waals surface area contributed by atoms with Crippen LogP contribution in [0.15, 0.2) is 18.2 Å². The van der Waals surface area contributed by atoms with E-state index in [2.05, 4.69) is 10.6 Å². The van der Waals surface area contributed by atoms with E-state index in [1.54, 1.807) is 0 Å². The lowest BCUT2D eigenvalue weighted by Gasteiger charge is -2.15. The van der Waals surface area contributed by atoms with Crippen LogP contribution in [0.25, 0.3) is 0 Å². The van der Waals surface area contributed by atoms with E-state index >= 15 is 0 Å². The molecule has 1 atom stereocenters. The van der Waals surface area contributed by atoms with Crippen LogP contribution in [0.5, 0.6) is 0 Å². The zero-order valence-corrected chi connectivity index (χ0v) is 10.6. The van der Waals surface area contributed by atoms with Crippen LogP contribution >= 0.6 is 0 Å². The van der Waals surface area contributed by atoms with E-state index < -0.39 is 36.2 Å². The lowest BCUT2D eigenvalue weighted by atomic mass is 10.1. The van der Waals surface area contributed by atoms with Crippen molar-refractivity contribution in [2.75, 3.05) is 6.61 Å². The maximum Gasteiger partial charge on any atom is 0.416 e. The molecule has 0 saturated heterocycles. The van der Waals surface area contributed by atoms with Crippen LogP contribution in [0.4, 0.5) is 22.4 Å². The predicted molar refractivity (Wildman–Crippen MR) is 63.3 cm³/mol. The Labute approximate surface area is 112 Å². The first kappa shape index (κ1) is 16.2. The number of amides is 2. The molecule has 112 valence electrons. The van der Waals surface area contributed by atoms with Crippen molar-refractivity contribution in [3.05, 3.63) is 35.1 Å². The summed E-state index contributed by atoms with van der Waals surface area (Å²) in [4.78, 5) is 11.3. The molecule has 1 aromatic carbocycles. The van der Waals surface area contributed by atoms with Crippen LogP contribution in [-0.4, -0.2) is 23.8 Å². The molecule has 1 rings (SSSR count). The number of hydrogen-bond donors (Lipinski definition) is 3. The Kier molecular flexibility index (Phi) is 5.32. The van der Waals surface area contributed by atoms with Crippen molar-refractivity contribution < 1.29 is 27.5 Å². The number of rotatable bonds is 4. The highest BCUT2D eigenvalue weighted by Gasteiger charge is 2.33. The summed E-state index contributed by atoms with van der Waals surface area (Å²) in [6.07, 6.45) is -4.70. The van der Waals surface area contributed by atoms with E-state index in [-0.39, 0.29) is 12.2 Å². The average molecular weight is 294 g/mol. The number of aliphatic hydroxyl groups excluding tert-OH is 1. The first-order valence-corrected chi connectivity index (χ1v) is 5.75. The van der Waals surface area contributed by atoms with Gasteiger partial charge in [0.25, 0.3) is 0 Å². The van der Waals surface area contributed by atoms with Crippen molar-refractivity contribution >= 4 is 6.03 Å². The van der Waals surface area contributed by atoms with Crippen LogP contribution in [0.1, 0.15) is 18.1 Å². The summed E-state index contributed by atoms with van der Waals surface area (Å²) in [6.45, 7) is 0.829. The van der Waals surface area contributed by atoms with Crippen molar-refractivity contribution in [2.24, 2.45) is 0 Å². The van der Waals surface area contributed by atoms with Gasteiger partial charge < -0.3 is 15.7 Å². The van der Waals surface area contributed by atoms with Crippen molar-refractivity contribution in [1.29, 1.82) is 0 Å². The summed E-state index contributed by atoms with van der Waals surface area (Å²) in [6, 6.07) is 0.994. The highest BCUT2D eigenvalue weighted by molar-refractivity contribution is 5.74. The van der Waals surface area contributed by atoms with Crippen molar-refractivity contribution in [2.45, 2.75) is 25.7 Å². The molecule has 0 aliphatic heterocycles. The fourth-order valence-electron chi connectivity index (χ4n) is 1.46. The highest BCUT2D eigenvalue weighted by Crippen LogP contribution is 2.32. The first-order chi connectivity index (χ1) is 9.24. The zero-order chi connectivity index (χ0) is 15.3. The Hall–Kier alpha value is -1.83. The molecule has 4 nitrogen and oxygen atoms in total. The molecule has 1 aromatic rings. The van der Waals surface area contributed by atoms with Gasteiger partial charge in [-0.3, -0.25) is 0 Å². The number of hydrogen-bond acceptors (Lipinski definition) is 2. The minimum Gasteiger partial charge on any atom is -0.394 e. The third kappa shape index (κ3) is 4.69. The number of alkyl halides is 3. The third-order valence-electron chi connectivity index (χ3n) is 2.47. The van der Waals surface area contributed by atoms with E-state index in [4.69, 9.17) is 5.11 Å². The van der Waals surface area contributed by atoms with Gasteiger partial charge >= 0.3 is 12.2 Å². The number of nitrogens with one attached hydrogen (secondary N) is 2. The van der Waals surface area contributed by atoms with Gasteiger partial charge in [0.1, 0.15) is 5.82 Å². The Balaban J connectivity index is 2.76. The van der Waals surface area contributed by atoms with E-state index in [1.165, 1.54) is 6.92 Å². The summed E-state index contributed by atoms with van der Waals surface area (Å²) < 4.78 is 50.9. The molecular formula is C12H14F4N2O2. The summed E-state index contributed by atoms with van der Waals surface area (Å²) >= 11 is 0. The van der Waals surface area contributed by atoms with Crippen molar-refractivity contribution in [1.82, 2.24) is 10.6 Å². The summed E-state index contributed by atoms with van der Waals surface area (Å²) in [5.74, 6) is -1.00. The fraction of sp³-hybridized carbons (Fsp3) is 0.417. The van der Waals surface area contributed by atoms with Gasteiger partial charge in [0.2, 0.25) is 0 Å². The minimum atomic E-state index is -4.70. The second-order valence-electron chi connectivity index (χ2n) is 4.21. The zero-order valence-electron chi connectivity index (χ0n) is 10.6. The topological polar surface area (TPSA) is 61.4 Å². The smallest absolute Gasteiger partial charge is 0.394 e. The molecule has 0 aromatic heterocycles. The number of benzene rings is 1. The summed E-state index contributed by atoms with van der Waals surface area (Å²) in [5.41, 5.74) is -1.38. The number of aliphatic hydroxyl groups is 1. The first-order valence-electron chi connectivity index (χ1n) is 5.75. The molecule has 0 heterocycles. The molecule has 2 amide bonds. The minimum absolute atomic E-state index is 0.245. The Bertz CT molecular complexity index is 477. The van der Waals surface area contributed by atoms with Crippen LogP contribution in [0.3, 0.4) is 0 Å². The molecule has 0 aliphatic rings. The molecule has 0 bridgehead atoms. The maximum atomic E-state index is 12.9. The van der Waals surface area contributed by atoms with Gasteiger partial charge in [-0.2, -0.15) is 13.2 Å².